The van der Waals surface area contributed by atoms with E-state index in [2.05, 4.69) is 9.97 Å². The Labute approximate surface area is 151 Å². The molecule has 0 unspecified atom stereocenters. The van der Waals surface area contributed by atoms with Crippen LogP contribution in [0.3, 0.4) is 0 Å². The van der Waals surface area contributed by atoms with Crippen LogP contribution in [0, 0.1) is 5.82 Å². The number of aromatic nitrogens is 3. The SMILES string of the molecule is O=c1[nH]ccc2c3sc(Cc4ccccn4)nc3c3ccc(F)cc3c12. The number of rotatable bonds is 2. The molecule has 3 heterocycles. The maximum absolute atomic E-state index is 13.9. The molecule has 0 saturated carbocycles. The number of benzene rings is 2. The number of hydrogen-bond donors (Lipinski definition) is 1. The summed E-state index contributed by atoms with van der Waals surface area (Å²) in [5.74, 6) is -0.370. The minimum absolute atomic E-state index is 0.223. The van der Waals surface area contributed by atoms with Crippen LogP contribution in [0.25, 0.3) is 31.8 Å². The molecule has 1 N–H and O–H groups in total. The lowest BCUT2D eigenvalue weighted by Gasteiger charge is -2.05. The molecule has 0 fully saturated rings. The van der Waals surface area contributed by atoms with Crippen molar-refractivity contribution in [3.05, 3.63) is 81.7 Å². The molecule has 0 bridgehead atoms. The van der Waals surface area contributed by atoms with Gasteiger partial charge in [0, 0.05) is 40.7 Å². The van der Waals surface area contributed by atoms with E-state index in [4.69, 9.17) is 4.98 Å². The predicted octanol–water partition coefficient (Wildman–Crippen LogP) is 4.42. The molecule has 26 heavy (non-hydrogen) atoms. The van der Waals surface area contributed by atoms with E-state index >= 15 is 0 Å². The lowest BCUT2D eigenvalue weighted by Crippen LogP contribution is -2.05. The molecule has 0 amide bonds. The first-order chi connectivity index (χ1) is 12.7. The summed E-state index contributed by atoms with van der Waals surface area (Å²) in [5.41, 5.74) is 1.51. The average molecular weight is 361 g/mol. The van der Waals surface area contributed by atoms with E-state index in [0.29, 0.717) is 17.2 Å². The quantitative estimate of drug-likeness (QED) is 0.474. The summed E-state index contributed by atoms with van der Waals surface area (Å²) in [7, 11) is 0. The van der Waals surface area contributed by atoms with Crippen molar-refractivity contribution in [3.63, 3.8) is 0 Å². The number of H-pyrrole nitrogens is 1. The lowest BCUT2D eigenvalue weighted by molar-refractivity contribution is 0.630. The van der Waals surface area contributed by atoms with Crippen molar-refractivity contribution in [1.82, 2.24) is 15.0 Å². The highest BCUT2D eigenvalue weighted by atomic mass is 32.1. The second kappa shape index (κ2) is 5.71. The highest BCUT2D eigenvalue weighted by molar-refractivity contribution is 7.19. The van der Waals surface area contributed by atoms with E-state index in [1.807, 2.05) is 24.3 Å². The molecule has 0 aliphatic carbocycles. The smallest absolute Gasteiger partial charge is 0.256 e. The van der Waals surface area contributed by atoms with Crippen molar-refractivity contribution < 1.29 is 4.39 Å². The van der Waals surface area contributed by atoms with Crippen LogP contribution in [0.5, 0.6) is 0 Å². The van der Waals surface area contributed by atoms with Gasteiger partial charge in [-0.2, -0.15) is 0 Å². The first-order valence-corrected chi connectivity index (χ1v) is 8.94. The molecular weight excluding hydrogens is 349 g/mol. The standard InChI is InChI=1S/C20H12FN3OS/c21-11-4-5-13-15(9-11)17-14(6-8-23-20(17)25)19-18(13)24-16(26-19)10-12-3-1-2-7-22-12/h1-9H,10H2,(H,23,25). The fraction of sp³-hybridized carbons (Fsp3) is 0.0500. The summed E-state index contributed by atoms with van der Waals surface area (Å²) in [6.45, 7) is 0. The van der Waals surface area contributed by atoms with Gasteiger partial charge in [0.1, 0.15) is 5.82 Å². The van der Waals surface area contributed by atoms with E-state index in [1.54, 1.807) is 29.8 Å². The monoisotopic (exact) mass is 361 g/mol. The molecule has 5 aromatic rings. The molecular formula is C20H12FN3OS. The average Bonchev–Trinajstić information content (AvgIpc) is 3.06. The molecule has 2 aromatic carbocycles. The van der Waals surface area contributed by atoms with E-state index < -0.39 is 0 Å². The number of pyridine rings is 2. The summed E-state index contributed by atoms with van der Waals surface area (Å²) in [6, 6.07) is 12.1. The first kappa shape index (κ1) is 15.2. The van der Waals surface area contributed by atoms with Gasteiger partial charge in [-0.15, -0.1) is 11.3 Å². The first-order valence-electron chi connectivity index (χ1n) is 8.12. The molecule has 0 saturated heterocycles. The van der Waals surface area contributed by atoms with Gasteiger partial charge in [-0.3, -0.25) is 9.78 Å². The maximum Gasteiger partial charge on any atom is 0.256 e. The molecule has 0 spiro atoms. The maximum atomic E-state index is 13.9. The fourth-order valence-electron chi connectivity index (χ4n) is 3.33. The van der Waals surface area contributed by atoms with Crippen LogP contribution < -0.4 is 5.56 Å². The van der Waals surface area contributed by atoms with Gasteiger partial charge in [-0.05, 0) is 36.4 Å². The van der Waals surface area contributed by atoms with Gasteiger partial charge in [0.25, 0.3) is 5.56 Å². The number of nitrogens with one attached hydrogen (secondary N) is 1. The molecule has 4 nitrogen and oxygen atoms in total. The molecule has 5 rings (SSSR count). The van der Waals surface area contributed by atoms with E-state index in [0.717, 1.165) is 31.7 Å². The Morgan fingerprint density at radius 2 is 2.00 bits per heavy atom. The second-order valence-electron chi connectivity index (χ2n) is 6.07. The van der Waals surface area contributed by atoms with Crippen molar-refractivity contribution in [2.24, 2.45) is 0 Å². The van der Waals surface area contributed by atoms with Crippen molar-refractivity contribution in [1.29, 1.82) is 0 Å². The van der Waals surface area contributed by atoms with Gasteiger partial charge in [0.05, 0.1) is 20.6 Å². The summed E-state index contributed by atoms with van der Waals surface area (Å²) in [6.07, 6.45) is 4.00. The highest BCUT2D eigenvalue weighted by Crippen LogP contribution is 2.37. The van der Waals surface area contributed by atoms with Crippen LogP contribution in [0.4, 0.5) is 4.39 Å². The van der Waals surface area contributed by atoms with E-state index in [9.17, 15) is 9.18 Å². The zero-order valence-corrected chi connectivity index (χ0v) is 14.3. The Hall–Kier alpha value is -3.12. The van der Waals surface area contributed by atoms with Gasteiger partial charge >= 0.3 is 0 Å². The largest absolute Gasteiger partial charge is 0.329 e. The molecule has 126 valence electrons. The molecule has 6 heteroatoms. The van der Waals surface area contributed by atoms with Crippen LogP contribution in [0.1, 0.15) is 10.7 Å². The topological polar surface area (TPSA) is 58.6 Å². The fourth-order valence-corrected chi connectivity index (χ4v) is 4.45. The minimum atomic E-state index is -0.370. The molecule has 0 atom stereocenters. The van der Waals surface area contributed by atoms with Crippen LogP contribution in [0.2, 0.25) is 0 Å². The normalized spacial score (nSPS) is 11.6. The van der Waals surface area contributed by atoms with Crippen LogP contribution in [-0.4, -0.2) is 15.0 Å². The number of aromatic amines is 1. The third-order valence-corrected chi connectivity index (χ3v) is 5.53. The molecule has 0 aliphatic rings. The molecule has 0 radical (unpaired) electrons. The van der Waals surface area contributed by atoms with E-state index in [1.165, 1.54) is 12.1 Å². The van der Waals surface area contributed by atoms with Gasteiger partial charge in [0.2, 0.25) is 0 Å². The summed E-state index contributed by atoms with van der Waals surface area (Å²) in [4.78, 5) is 24.3. The Morgan fingerprint density at radius 1 is 1.08 bits per heavy atom. The Morgan fingerprint density at radius 3 is 2.85 bits per heavy atom. The lowest BCUT2D eigenvalue weighted by atomic mass is 10.0. The van der Waals surface area contributed by atoms with Gasteiger partial charge in [-0.1, -0.05) is 6.07 Å². The van der Waals surface area contributed by atoms with Crippen LogP contribution >= 0.6 is 11.3 Å². The van der Waals surface area contributed by atoms with Crippen molar-refractivity contribution in [2.45, 2.75) is 6.42 Å². The molecule has 0 aliphatic heterocycles. The van der Waals surface area contributed by atoms with Crippen molar-refractivity contribution in [2.75, 3.05) is 0 Å². The Balaban J connectivity index is 1.87. The predicted molar refractivity (Wildman–Crippen MR) is 102 cm³/mol. The Kier molecular flexibility index (Phi) is 3.33. The number of halogens is 1. The zero-order valence-electron chi connectivity index (χ0n) is 13.5. The third-order valence-electron chi connectivity index (χ3n) is 4.44. The minimum Gasteiger partial charge on any atom is -0.329 e. The number of nitrogens with zero attached hydrogens (tertiary/aromatic N) is 2. The van der Waals surface area contributed by atoms with Gasteiger partial charge < -0.3 is 4.98 Å². The van der Waals surface area contributed by atoms with E-state index in [-0.39, 0.29) is 11.4 Å². The highest BCUT2D eigenvalue weighted by Gasteiger charge is 2.16. The second-order valence-corrected chi connectivity index (χ2v) is 7.15. The number of thiazole rings is 1. The third kappa shape index (κ3) is 2.30. The zero-order chi connectivity index (χ0) is 17.7. The van der Waals surface area contributed by atoms with Gasteiger partial charge in [-0.25, -0.2) is 9.37 Å². The summed E-state index contributed by atoms with van der Waals surface area (Å²) < 4.78 is 14.8. The van der Waals surface area contributed by atoms with Crippen molar-refractivity contribution in [3.8, 4) is 0 Å². The molecule has 3 aromatic heterocycles. The van der Waals surface area contributed by atoms with Crippen LogP contribution in [-0.2, 0) is 6.42 Å². The van der Waals surface area contributed by atoms with Crippen LogP contribution in [0.15, 0.2) is 59.7 Å². The van der Waals surface area contributed by atoms with Gasteiger partial charge in [0.15, 0.2) is 0 Å². The Bertz CT molecular complexity index is 1340. The summed E-state index contributed by atoms with van der Waals surface area (Å²) in [5, 5.41) is 3.59. The summed E-state index contributed by atoms with van der Waals surface area (Å²) >= 11 is 1.55. The van der Waals surface area contributed by atoms with Crippen molar-refractivity contribution >= 4 is 43.1 Å². The number of fused-ring (bicyclic) bond motifs is 6. The number of hydrogen-bond acceptors (Lipinski definition) is 4.